The van der Waals surface area contributed by atoms with E-state index >= 15 is 0 Å². The fourth-order valence-electron chi connectivity index (χ4n) is 14.1. The molecule has 4 heterocycles. The monoisotopic (exact) mass is 642 g/mol. The van der Waals surface area contributed by atoms with Crippen molar-refractivity contribution in [1.82, 2.24) is 0 Å². The number of carboxylic acids is 1. The van der Waals surface area contributed by atoms with E-state index in [2.05, 4.69) is 34.6 Å². The molecule has 4 saturated heterocycles. The van der Waals surface area contributed by atoms with E-state index in [9.17, 15) is 9.90 Å². The molecular formula is C39H62O7. The van der Waals surface area contributed by atoms with Crippen molar-refractivity contribution in [2.24, 2.45) is 70.0 Å². The highest BCUT2D eigenvalue weighted by Crippen LogP contribution is 2.69. The second-order valence-corrected chi connectivity index (χ2v) is 18.6. The average molecular weight is 643 g/mol. The van der Waals surface area contributed by atoms with Gasteiger partial charge in [0.1, 0.15) is 0 Å². The Morgan fingerprint density at radius 2 is 1.59 bits per heavy atom. The van der Waals surface area contributed by atoms with E-state index in [-0.39, 0.29) is 18.3 Å². The molecule has 2 bridgehead atoms. The Balaban J connectivity index is 0.942. The van der Waals surface area contributed by atoms with Crippen LogP contribution >= 0.6 is 0 Å². The number of rotatable bonds is 6. The van der Waals surface area contributed by atoms with Crippen LogP contribution in [-0.4, -0.2) is 41.1 Å². The van der Waals surface area contributed by atoms with Crippen molar-refractivity contribution in [2.45, 2.75) is 168 Å². The molecule has 5 saturated carbocycles. The van der Waals surface area contributed by atoms with Crippen LogP contribution in [0.15, 0.2) is 0 Å². The van der Waals surface area contributed by atoms with Gasteiger partial charge in [0.05, 0.1) is 6.10 Å². The summed E-state index contributed by atoms with van der Waals surface area (Å²) >= 11 is 0. The number of hydrogen-bond donors (Lipinski definition) is 1. The Kier molecular flexibility index (Phi) is 8.05. The van der Waals surface area contributed by atoms with Crippen molar-refractivity contribution in [3.63, 3.8) is 0 Å². The van der Waals surface area contributed by atoms with Crippen LogP contribution in [0.5, 0.6) is 0 Å². The van der Waals surface area contributed by atoms with E-state index in [0.717, 1.165) is 62.2 Å². The molecule has 4 aliphatic heterocycles. The lowest BCUT2D eigenvalue weighted by Crippen LogP contribution is -2.70. The van der Waals surface area contributed by atoms with Crippen molar-refractivity contribution >= 4 is 5.97 Å². The predicted molar refractivity (Wildman–Crippen MR) is 173 cm³/mol. The SMILES string of the molecule is C[C@H]1C(O[C@@H]2CC[C@@]3(C)C(CCC4C3CC[C@@]3(C)C4CC[C@@H]3[C@H](C)CCC(=O)O)C2)OC2O[C@]3(C)CCC4[C@H](C)CCC1[C@@]24OO3. The fourth-order valence-corrected chi connectivity index (χ4v) is 14.1. The molecule has 9 aliphatic rings. The molecule has 0 aromatic carbocycles. The number of fused-ring (bicyclic) bond motifs is 7. The van der Waals surface area contributed by atoms with Gasteiger partial charge >= 0.3 is 5.97 Å². The summed E-state index contributed by atoms with van der Waals surface area (Å²) in [6.45, 7) is 14.3. The minimum absolute atomic E-state index is 0.231. The van der Waals surface area contributed by atoms with Crippen LogP contribution < -0.4 is 0 Å². The molecular weight excluding hydrogens is 580 g/mol. The second kappa shape index (κ2) is 11.4. The quantitative estimate of drug-likeness (QED) is 0.229. The van der Waals surface area contributed by atoms with Crippen molar-refractivity contribution in [3.8, 4) is 0 Å². The maximum Gasteiger partial charge on any atom is 0.303 e. The van der Waals surface area contributed by atoms with Crippen LogP contribution in [0.1, 0.15) is 138 Å². The van der Waals surface area contributed by atoms with E-state index in [4.69, 9.17) is 24.0 Å². The Morgan fingerprint density at radius 1 is 0.848 bits per heavy atom. The first kappa shape index (κ1) is 32.5. The van der Waals surface area contributed by atoms with Crippen LogP contribution in [0.4, 0.5) is 0 Å². The molecule has 0 radical (unpaired) electrons. The summed E-state index contributed by atoms with van der Waals surface area (Å²) in [4.78, 5) is 23.7. The van der Waals surface area contributed by atoms with Gasteiger partial charge in [0.25, 0.3) is 0 Å². The fraction of sp³-hybridized carbons (Fsp3) is 0.974. The normalized spacial score (nSPS) is 56.6. The van der Waals surface area contributed by atoms with E-state index in [0.29, 0.717) is 46.8 Å². The maximum atomic E-state index is 11.3. The highest BCUT2D eigenvalue weighted by Gasteiger charge is 2.70. The molecule has 0 amide bonds. The molecule has 7 nitrogen and oxygen atoms in total. The Hall–Kier alpha value is -0.730. The summed E-state index contributed by atoms with van der Waals surface area (Å²) in [5, 5.41) is 9.32. The zero-order valence-electron chi connectivity index (χ0n) is 29.5. The second-order valence-electron chi connectivity index (χ2n) is 18.6. The van der Waals surface area contributed by atoms with Crippen molar-refractivity contribution in [3.05, 3.63) is 0 Å². The highest BCUT2D eigenvalue weighted by atomic mass is 17.3. The molecule has 5 aliphatic carbocycles. The van der Waals surface area contributed by atoms with E-state index in [1.54, 1.807) is 0 Å². The standard InChI is InChI=1S/C39H62O7/c1-22(8-14-33(40)41)28-12-13-31-27-10-9-25-21-26(15-18-36(25,4)32(27)16-19-37(28,31)5)42-34-24(3)30-11-7-23(2)29-17-20-38(6)44-35(43-34)39(29,30)46-45-38/h22-32,34-35H,7-21H2,1-6H3,(H,40,41)/t22-,23-,24-,25?,26-,27?,28-,29?,30?,31?,32?,34?,35?,36+,37-,38+,39-/m1/s1. The predicted octanol–water partition coefficient (Wildman–Crippen LogP) is 8.74. The Morgan fingerprint density at radius 3 is 2.39 bits per heavy atom. The molecule has 1 N–H and O–H groups in total. The number of hydrogen-bond acceptors (Lipinski definition) is 6. The third-order valence-corrected chi connectivity index (χ3v) is 16.6. The molecule has 0 aromatic heterocycles. The molecule has 7 heteroatoms. The Labute approximate surface area is 277 Å². The maximum absolute atomic E-state index is 11.3. The summed E-state index contributed by atoms with van der Waals surface area (Å²) in [7, 11) is 0. The average Bonchev–Trinajstić information content (AvgIpc) is 3.22. The lowest BCUT2D eigenvalue weighted by Gasteiger charge is -2.62. The molecule has 260 valence electrons. The lowest BCUT2D eigenvalue weighted by atomic mass is 9.44. The zero-order chi connectivity index (χ0) is 32.2. The summed E-state index contributed by atoms with van der Waals surface area (Å²) in [5.74, 6) is 4.46. The van der Waals surface area contributed by atoms with Gasteiger partial charge in [0, 0.05) is 24.7 Å². The van der Waals surface area contributed by atoms with Gasteiger partial charge in [-0.15, -0.1) is 0 Å². The molecule has 1 spiro atoms. The molecule has 46 heavy (non-hydrogen) atoms. The van der Waals surface area contributed by atoms with Crippen molar-refractivity contribution < 1.29 is 33.9 Å². The van der Waals surface area contributed by atoms with E-state index in [1.165, 1.54) is 51.4 Å². The van der Waals surface area contributed by atoms with Crippen LogP contribution in [0.2, 0.25) is 0 Å². The number of carboxylic acid groups (broad SMARTS) is 1. The van der Waals surface area contributed by atoms with Gasteiger partial charge in [-0.2, -0.15) is 0 Å². The van der Waals surface area contributed by atoms with Gasteiger partial charge in [0.2, 0.25) is 5.79 Å². The van der Waals surface area contributed by atoms with Gasteiger partial charge in [-0.25, -0.2) is 9.78 Å². The molecule has 17 atom stereocenters. The lowest BCUT2D eigenvalue weighted by molar-refractivity contribution is -0.578. The third kappa shape index (κ3) is 4.77. The molecule has 0 aromatic rings. The number of ether oxygens (including phenoxy) is 3. The molecule has 9 fully saturated rings. The topological polar surface area (TPSA) is 83.5 Å². The van der Waals surface area contributed by atoms with Crippen molar-refractivity contribution in [2.75, 3.05) is 0 Å². The van der Waals surface area contributed by atoms with Gasteiger partial charge < -0.3 is 19.3 Å². The molecule has 8 unspecified atom stereocenters. The third-order valence-electron chi connectivity index (χ3n) is 16.6. The van der Waals surface area contributed by atoms with Crippen LogP contribution in [0.25, 0.3) is 0 Å². The minimum Gasteiger partial charge on any atom is -0.481 e. The summed E-state index contributed by atoms with van der Waals surface area (Å²) in [6.07, 6.45) is 16.4. The molecule has 9 rings (SSSR count). The first-order valence-electron chi connectivity index (χ1n) is 19.5. The van der Waals surface area contributed by atoms with Crippen molar-refractivity contribution in [1.29, 1.82) is 0 Å². The van der Waals surface area contributed by atoms with Gasteiger partial charge in [-0.1, -0.05) is 34.6 Å². The van der Waals surface area contributed by atoms with E-state index < -0.39 is 23.6 Å². The van der Waals surface area contributed by atoms with E-state index in [1.807, 2.05) is 6.92 Å². The smallest absolute Gasteiger partial charge is 0.303 e. The summed E-state index contributed by atoms with van der Waals surface area (Å²) < 4.78 is 20.5. The summed E-state index contributed by atoms with van der Waals surface area (Å²) in [6, 6.07) is 0. The largest absolute Gasteiger partial charge is 0.481 e. The van der Waals surface area contributed by atoms with Gasteiger partial charge in [0.15, 0.2) is 18.2 Å². The van der Waals surface area contributed by atoms with Gasteiger partial charge in [-0.05, 0) is 149 Å². The Bertz CT molecular complexity index is 1180. The highest BCUT2D eigenvalue weighted by molar-refractivity contribution is 5.66. The summed E-state index contributed by atoms with van der Waals surface area (Å²) in [5.41, 5.74) is 0.255. The minimum atomic E-state index is -0.750. The van der Waals surface area contributed by atoms with Crippen LogP contribution in [0.3, 0.4) is 0 Å². The van der Waals surface area contributed by atoms with Crippen LogP contribution in [-0.2, 0) is 28.8 Å². The number of aliphatic carboxylic acids is 1. The number of carbonyl (C=O) groups is 1. The zero-order valence-corrected chi connectivity index (χ0v) is 29.5. The first-order valence-corrected chi connectivity index (χ1v) is 19.5. The van der Waals surface area contributed by atoms with Gasteiger partial charge in [-0.3, -0.25) is 4.79 Å². The first-order chi connectivity index (χ1) is 21.9. The van der Waals surface area contributed by atoms with Crippen LogP contribution in [0, 0.1) is 70.0 Å².